The van der Waals surface area contributed by atoms with Gasteiger partial charge in [0, 0.05) is 30.9 Å². The Hall–Kier alpha value is -1.89. The first-order chi connectivity index (χ1) is 9.21. The summed E-state index contributed by atoms with van der Waals surface area (Å²) in [5, 5.41) is 18.9. The van der Waals surface area contributed by atoms with Crippen molar-refractivity contribution in [2.75, 3.05) is 11.4 Å². The molecule has 2 rings (SSSR count). The summed E-state index contributed by atoms with van der Waals surface area (Å²) in [5.41, 5.74) is -0.772. The van der Waals surface area contributed by atoms with Gasteiger partial charge < -0.3 is 19.7 Å². The van der Waals surface area contributed by atoms with Crippen LogP contribution in [0.15, 0.2) is 17.2 Å². The summed E-state index contributed by atoms with van der Waals surface area (Å²) >= 11 is 0. The van der Waals surface area contributed by atoms with Crippen LogP contribution in [-0.4, -0.2) is 44.4 Å². The number of carboxylic acids is 1. The quantitative estimate of drug-likeness (QED) is 0.793. The number of aliphatic carboxylic acids is 1. The van der Waals surface area contributed by atoms with Crippen molar-refractivity contribution in [2.24, 2.45) is 0 Å². The SMILES string of the molecule is CC(C)(C)n1ccnc(N2CC(O)CC2C(=O)O)c1=O. The summed E-state index contributed by atoms with van der Waals surface area (Å²) in [6, 6.07) is -0.916. The summed E-state index contributed by atoms with van der Waals surface area (Å²) in [6.07, 6.45) is 2.39. The second kappa shape index (κ2) is 4.90. The Balaban J connectivity index is 2.48. The van der Waals surface area contributed by atoms with Gasteiger partial charge in [0.2, 0.25) is 0 Å². The molecule has 1 aromatic heterocycles. The first kappa shape index (κ1) is 14.5. The molecule has 1 aromatic rings. The standard InChI is InChI=1S/C13H19N3O4/c1-13(2,3)16-5-4-14-10(11(16)18)15-7-8(17)6-9(15)12(19)20/h4-5,8-9,17H,6-7H2,1-3H3,(H,19,20). The number of aromatic nitrogens is 2. The van der Waals surface area contributed by atoms with Crippen LogP contribution in [0.1, 0.15) is 27.2 Å². The van der Waals surface area contributed by atoms with E-state index < -0.39 is 23.7 Å². The van der Waals surface area contributed by atoms with Crippen molar-refractivity contribution in [1.82, 2.24) is 9.55 Å². The molecule has 1 aliphatic rings. The van der Waals surface area contributed by atoms with E-state index in [1.54, 1.807) is 6.20 Å². The highest BCUT2D eigenvalue weighted by Gasteiger charge is 2.38. The maximum atomic E-state index is 12.5. The highest BCUT2D eigenvalue weighted by Crippen LogP contribution is 2.22. The number of β-amino-alcohol motifs (C(OH)–C–C–N with tert-alkyl or cyclic N) is 1. The maximum Gasteiger partial charge on any atom is 0.326 e. The Kier molecular flexibility index (Phi) is 3.56. The first-order valence-corrected chi connectivity index (χ1v) is 6.47. The van der Waals surface area contributed by atoms with E-state index in [0.717, 1.165) is 0 Å². The molecule has 0 amide bonds. The average Bonchev–Trinajstić information content (AvgIpc) is 2.70. The fourth-order valence-corrected chi connectivity index (χ4v) is 2.41. The minimum absolute atomic E-state index is 0.0753. The summed E-state index contributed by atoms with van der Waals surface area (Å²) in [5.74, 6) is -0.986. The number of nitrogens with zero attached hydrogens (tertiary/aromatic N) is 3. The lowest BCUT2D eigenvalue weighted by atomic mass is 10.1. The molecule has 1 aliphatic heterocycles. The van der Waals surface area contributed by atoms with E-state index in [1.807, 2.05) is 20.8 Å². The molecule has 0 spiro atoms. The van der Waals surface area contributed by atoms with E-state index in [-0.39, 0.29) is 24.3 Å². The lowest BCUT2D eigenvalue weighted by Crippen LogP contribution is -2.43. The van der Waals surface area contributed by atoms with Gasteiger partial charge in [-0.3, -0.25) is 4.79 Å². The van der Waals surface area contributed by atoms with Gasteiger partial charge in [0.05, 0.1) is 6.10 Å². The fraction of sp³-hybridized carbons (Fsp3) is 0.615. The van der Waals surface area contributed by atoms with Gasteiger partial charge in [0.15, 0.2) is 5.82 Å². The lowest BCUT2D eigenvalue weighted by molar-refractivity contribution is -0.138. The molecule has 2 unspecified atom stereocenters. The van der Waals surface area contributed by atoms with Crippen LogP contribution < -0.4 is 10.5 Å². The number of anilines is 1. The molecule has 7 nitrogen and oxygen atoms in total. The molecule has 1 saturated heterocycles. The highest BCUT2D eigenvalue weighted by atomic mass is 16.4. The van der Waals surface area contributed by atoms with Gasteiger partial charge >= 0.3 is 5.97 Å². The Morgan fingerprint density at radius 2 is 2.10 bits per heavy atom. The monoisotopic (exact) mass is 281 g/mol. The van der Waals surface area contributed by atoms with Crippen LogP contribution in [0.3, 0.4) is 0 Å². The molecular formula is C13H19N3O4. The molecule has 20 heavy (non-hydrogen) atoms. The second-order valence-corrected chi connectivity index (χ2v) is 5.99. The van der Waals surface area contributed by atoms with Crippen LogP contribution in [0.2, 0.25) is 0 Å². The lowest BCUT2D eigenvalue weighted by Gasteiger charge is -2.26. The summed E-state index contributed by atoms with van der Waals surface area (Å²) in [4.78, 5) is 29.1. The van der Waals surface area contributed by atoms with Crippen LogP contribution in [0.25, 0.3) is 0 Å². The zero-order valence-electron chi connectivity index (χ0n) is 11.8. The van der Waals surface area contributed by atoms with Gasteiger partial charge in [-0.15, -0.1) is 0 Å². The van der Waals surface area contributed by atoms with Gasteiger partial charge in [0.25, 0.3) is 5.56 Å². The van der Waals surface area contributed by atoms with Crippen LogP contribution in [0.4, 0.5) is 5.82 Å². The van der Waals surface area contributed by atoms with Crippen LogP contribution in [0.5, 0.6) is 0 Å². The van der Waals surface area contributed by atoms with Gasteiger partial charge in [-0.25, -0.2) is 9.78 Å². The molecule has 0 radical (unpaired) electrons. The zero-order valence-corrected chi connectivity index (χ0v) is 11.8. The van der Waals surface area contributed by atoms with Gasteiger partial charge in [0.1, 0.15) is 6.04 Å². The smallest absolute Gasteiger partial charge is 0.326 e. The highest BCUT2D eigenvalue weighted by molar-refractivity contribution is 5.78. The van der Waals surface area contributed by atoms with Crippen LogP contribution >= 0.6 is 0 Å². The molecule has 2 N–H and O–H groups in total. The van der Waals surface area contributed by atoms with Crippen LogP contribution in [-0.2, 0) is 10.3 Å². The molecule has 0 saturated carbocycles. The van der Waals surface area contributed by atoms with E-state index in [4.69, 9.17) is 0 Å². The summed E-state index contributed by atoms with van der Waals surface area (Å²) in [6.45, 7) is 5.75. The number of aliphatic hydroxyl groups excluding tert-OH is 1. The largest absolute Gasteiger partial charge is 0.480 e. The normalized spacial score (nSPS) is 23.1. The number of rotatable bonds is 2. The molecular weight excluding hydrogens is 262 g/mol. The average molecular weight is 281 g/mol. The van der Waals surface area contributed by atoms with E-state index in [0.29, 0.717) is 0 Å². The van der Waals surface area contributed by atoms with E-state index in [2.05, 4.69) is 4.98 Å². The van der Waals surface area contributed by atoms with E-state index >= 15 is 0 Å². The van der Waals surface area contributed by atoms with Crippen molar-refractivity contribution in [3.05, 3.63) is 22.7 Å². The zero-order chi connectivity index (χ0) is 15.1. The molecule has 110 valence electrons. The Morgan fingerprint density at radius 1 is 1.45 bits per heavy atom. The predicted octanol–water partition coefficient (Wildman–Crippen LogP) is 0.0225. The van der Waals surface area contributed by atoms with E-state index in [9.17, 15) is 19.8 Å². The molecule has 0 bridgehead atoms. The van der Waals surface area contributed by atoms with Gasteiger partial charge in [-0.1, -0.05) is 0 Å². The summed E-state index contributed by atoms with van der Waals surface area (Å²) < 4.78 is 1.51. The number of carboxylic acid groups (broad SMARTS) is 1. The number of hydrogen-bond donors (Lipinski definition) is 2. The molecule has 1 fully saturated rings. The predicted molar refractivity (Wildman–Crippen MR) is 72.9 cm³/mol. The third-order valence-corrected chi connectivity index (χ3v) is 3.38. The van der Waals surface area contributed by atoms with E-state index in [1.165, 1.54) is 15.7 Å². The third-order valence-electron chi connectivity index (χ3n) is 3.38. The first-order valence-electron chi connectivity index (χ1n) is 6.47. The topological polar surface area (TPSA) is 95.7 Å². The molecule has 0 aliphatic carbocycles. The molecule has 7 heteroatoms. The van der Waals surface area contributed by atoms with Crippen molar-refractivity contribution < 1.29 is 15.0 Å². The molecule has 2 heterocycles. The van der Waals surface area contributed by atoms with Gasteiger partial charge in [-0.05, 0) is 20.8 Å². The van der Waals surface area contributed by atoms with Crippen molar-refractivity contribution in [3.63, 3.8) is 0 Å². The number of hydrogen-bond acceptors (Lipinski definition) is 5. The third kappa shape index (κ3) is 2.53. The minimum Gasteiger partial charge on any atom is -0.480 e. The fourth-order valence-electron chi connectivity index (χ4n) is 2.41. The van der Waals surface area contributed by atoms with Crippen molar-refractivity contribution in [2.45, 2.75) is 44.9 Å². The van der Waals surface area contributed by atoms with Crippen LogP contribution in [0, 0.1) is 0 Å². The summed E-state index contributed by atoms with van der Waals surface area (Å²) in [7, 11) is 0. The molecule has 0 aromatic carbocycles. The van der Waals surface area contributed by atoms with Crippen molar-refractivity contribution in [3.8, 4) is 0 Å². The maximum absolute atomic E-state index is 12.5. The molecule has 2 atom stereocenters. The minimum atomic E-state index is -1.06. The second-order valence-electron chi connectivity index (χ2n) is 5.99. The Labute approximate surface area is 116 Å². The number of carbonyl (C=O) groups is 1. The van der Waals surface area contributed by atoms with Gasteiger partial charge in [-0.2, -0.15) is 0 Å². The van der Waals surface area contributed by atoms with Crippen molar-refractivity contribution >= 4 is 11.8 Å². The Bertz CT molecular complexity index is 576. The Morgan fingerprint density at radius 3 is 2.65 bits per heavy atom. The van der Waals surface area contributed by atoms with Crippen molar-refractivity contribution in [1.29, 1.82) is 0 Å². The number of aliphatic hydroxyl groups is 1.